The van der Waals surface area contributed by atoms with Crippen LogP contribution in [0, 0.1) is 0 Å². The minimum atomic E-state index is -5.77. The van der Waals surface area contributed by atoms with Gasteiger partial charge in [0.2, 0.25) is 0 Å². The lowest BCUT2D eigenvalue weighted by atomic mass is 9.99. The Morgan fingerprint density at radius 2 is 1.67 bits per heavy atom. The van der Waals surface area contributed by atoms with Gasteiger partial charge in [0.1, 0.15) is 11.0 Å². The molecule has 0 radical (unpaired) electrons. The van der Waals surface area contributed by atoms with Crippen LogP contribution in [0.5, 0.6) is 0 Å². The van der Waals surface area contributed by atoms with Crippen LogP contribution in [0.15, 0.2) is 0 Å². The fraction of sp³-hybridized carbons (Fsp3) is 0.882. The molecule has 0 heterocycles. The van der Waals surface area contributed by atoms with Gasteiger partial charge in [0.25, 0.3) is 0 Å². The summed E-state index contributed by atoms with van der Waals surface area (Å²) >= 11 is 0. The maximum absolute atomic E-state index is 13.2. The largest absolute Gasteiger partial charge is 0.572 e. The third-order valence-corrected chi connectivity index (χ3v) is 11.8. The number of halogens is 3. The lowest BCUT2D eigenvalue weighted by Crippen LogP contribution is -2.46. The molecule has 5 nitrogen and oxygen atoms in total. The van der Waals surface area contributed by atoms with Crippen molar-refractivity contribution < 1.29 is 34.8 Å². The summed E-state index contributed by atoms with van der Waals surface area (Å²) in [5.74, 6) is -0.887. The first-order valence-corrected chi connectivity index (χ1v) is 12.7. The van der Waals surface area contributed by atoms with Crippen LogP contribution in [-0.2, 0) is 19.7 Å². The third-order valence-electron chi connectivity index (χ3n) is 5.44. The van der Waals surface area contributed by atoms with Gasteiger partial charge in [0.15, 0.2) is 5.78 Å². The van der Waals surface area contributed by atoms with Gasteiger partial charge in [-0.2, -0.15) is 13.2 Å². The van der Waals surface area contributed by atoms with Crippen molar-refractivity contribution in [2.45, 2.75) is 87.1 Å². The quantitative estimate of drug-likeness (QED) is 0.337. The molecule has 2 aliphatic carbocycles. The molecule has 2 fully saturated rings. The molecule has 2 atom stereocenters. The van der Waals surface area contributed by atoms with E-state index in [0.29, 0.717) is 32.1 Å². The molecule has 2 aliphatic rings. The van der Waals surface area contributed by atoms with Crippen molar-refractivity contribution in [1.82, 2.24) is 0 Å². The van der Waals surface area contributed by atoms with Gasteiger partial charge in [-0.05, 0) is 25.7 Å². The number of ketones is 2. The normalized spacial score (nSPS) is 26.4. The Hall–Kier alpha value is -0.610. The Bertz CT molecular complexity index is 656. The Kier molecular flexibility index (Phi) is 7.40. The number of hydrogen-bond acceptors (Lipinski definition) is 4. The SMILES string of the molecule is CCC(=O)CS([OH+]S(=O)(=O)C(F)(F)F)(C1CCCCC1)C1CCCCC1=O. The fourth-order valence-corrected chi connectivity index (χ4v) is 10.9. The second-order valence-corrected chi connectivity index (χ2v) is 12.5. The van der Waals surface area contributed by atoms with Crippen LogP contribution >= 0.6 is 10.3 Å². The molecule has 158 valence electrons. The average molecular weight is 434 g/mol. The standard InChI is InChI=1S/C17H27F3O5S2/c1-2-13(21)12-26(14-8-4-3-5-9-14,16-11-7-6-10-15(16)22)25-27(23,24)17(18,19)20/h14,16H,2-12H2,1H3/p+1. The monoisotopic (exact) mass is 433 g/mol. The first kappa shape index (κ1) is 22.7. The van der Waals surface area contributed by atoms with Gasteiger partial charge in [0, 0.05) is 23.2 Å². The first-order chi connectivity index (χ1) is 12.5. The molecule has 2 rings (SSSR count). The summed E-state index contributed by atoms with van der Waals surface area (Å²) in [6.07, 6.45) is 5.36. The molecule has 2 unspecified atom stereocenters. The van der Waals surface area contributed by atoms with Crippen LogP contribution in [0.25, 0.3) is 0 Å². The number of rotatable bonds is 7. The van der Waals surface area contributed by atoms with Crippen molar-refractivity contribution in [2.75, 3.05) is 5.75 Å². The molecule has 0 aromatic heterocycles. The van der Waals surface area contributed by atoms with Gasteiger partial charge in [-0.1, -0.05) is 32.6 Å². The second-order valence-electron chi connectivity index (χ2n) is 7.30. The predicted molar refractivity (Wildman–Crippen MR) is 99.5 cm³/mol. The summed E-state index contributed by atoms with van der Waals surface area (Å²) in [5.41, 5.74) is -5.52. The zero-order chi connectivity index (χ0) is 20.3. The molecule has 27 heavy (non-hydrogen) atoms. The lowest BCUT2D eigenvalue weighted by molar-refractivity contribution is -0.119. The zero-order valence-corrected chi connectivity index (χ0v) is 17.1. The van der Waals surface area contributed by atoms with Gasteiger partial charge < -0.3 is 0 Å². The molecule has 0 aliphatic heterocycles. The highest BCUT2D eigenvalue weighted by Gasteiger charge is 2.61. The maximum Gasteiger partial charge on any atom is 0.572 e. The van der Waals surface area contributed by atoms with Crippen molar-refractivity contribution in [2.24, 2.45) is 0 Å². The minimum Gasteiger partial charge on any atom is -0.299 e. The van der Waals surface area contributed by atoms with E-state index in [-0.39, 0.29) is 30.2 Å². The third kappa shape index (κ3) is 5.06. The van der Waals surface area contributed by atoms with E-state index in [1.807, 2.05) is 0 Å². The van der Waals surface area contributed by atoms with E-state index in [1.165, 1.54) is 0 Å². The minimum absolute atomic E-state index is 0.0873. The van der Waals surface area contributed by atoms with Gasteiger partial charge in [-0.25, -0.2) is 0 Å². The fourth-order valence-electron chi connectivity index (χ4n) is 4.03. The average Bonchev–Trinajstić information content (AvgIpc) is 2.61. The van der Waals surface area contributed by atoms with E-state index in [1.54, 1.807) is 6.92 Å². The van der Waals surface area contributed by atoms with Crippen LogP contribution < -0.4 is 0 Å². The number of hydrogen-bond donors (Lipinski definition) is 0. The molecule has 2 saturated carbocycles. The molecular weight excluding hydrogens is 405 g/mol. The van der Waals surface area contributed by atoms with Crippen molar-refractivity contribution in [3.8, 4) is 0 Å². The molecule has 0 spiro atoms. The smallest absolute Gasteiger partial charge is 0.299 e. The van der Waals surface area contributed by atoms with Crippen molar-refractivity contribution in [3.05, 3.63) is 0 Å². The van der Waals surface area contributed by atoms with Crippen LogP contribution in [0.3, 0.4) is 0 Å². The molecule has 0 amide bonds. The van der Waals surface area contributed by atoms with Gasteiger partial charge in [-0.15, -0.1) is 8.42 Å². The van der Waals surface area contributed by atoms with E-state index < -0.39 is 36.4 Å². The number of Topliss-reactive ketones (excluding diaryl/α,β-unsaturated/α-hetero) is 2. The number of carbonyl (C=O) groups is 2. The summed E-state index contributed by atoms with van der Waals surface area (Å²) in [7, 11) is -8.76. The van der Waals surface area contributed by atoms with Gasteiger partial charge in [-0.3, -0.25) is 13.2 Å². The molecule has 0 bridgehead atoms. The first-order valence-electron chi connectivity index (χ1n) is 9.42. The second kappa shape index (κ2) is 8.82. The van der Waals surface area contributed by atoms with Crippen molar-refractivity contribution in [3.63, 3.8) is 0 Å². The van der Waals surface area contributed by atoms with Crippen LogP contribution in [0.2, 0.25) is 0 Å². The zero-order valence-electron chi connectivity index (χ0n) is 15.5. The Morgan fingerprint density at radius 3 is 2.19 bits per heavy atom. The maximum atomic E-state index is 13.2. The molecule has 0 aromatic carbocycles. The lowest BCUT2D eigenvalue weighted by Gasteiger charge is -2.47. The molecule has 0 saturated heterocycles. The van der Waals surface area contributed by atoms with Crippen LogP contribution in [0.4, 0.5) is 13.2 Å². The van der Waals surface area contributed by atoms with Gasteiger partial charge >= 0.3 is 15.6 Å². The molecule has 10 heteroatoms. The van der Waals surface area contributed by atoms with Crippen molar-refractivity contribution in [1.29, 1.82) is 0 Å². The van der Waals surface area contributed by atoms with E-state index >= 15 is 0 Å². The van der Waals surface area contributed by atoms with Crippen LogP contribution in [0.1, 0.15) is 71.1 Å². The number of alkyl halides is 3. The molecular formula is C17H28F3O5S2+. The summed E-state index contributed by atoms with van der Waals surface area (Å²) in [4.78, 5) is 25.0. The Labute approximate surface area is 160 Å². The van der Waals surface area contributed by atoms with Crippen molar-refractivity contribution >= 4 is 32.0 Å². The summed E-state index contributed by atoms with van der Waals surface area (Å²) in [6.45, 7) is 1.59. The van der Waals surface area contributed by atoms with E-state index in [4.69, 9.17) is 0 Å². The highest BCUT2D eigenvalue weighted by molar-refractivity contribution is 8.34. The van der Waals surface area contributed by atoms with Gasteiger partial charge in [0.05, 0.1) is 11.0 Å². The highest BCUT2D eigenvalue weighted by Crippen LogP contribution is 2.63. The summed E-state index contributed by atoms with van der Waals surface area (Å²) in [5, 5.41) is -1.28. The Balaban J connectivity index is 2.56. The topological polar surface area (TPSA) is 81.1 Å². The summed E-state index contributed by atoms with van der Waals surface area (Å²) in [6, 6.07) is 0. The highest BCUT2D eigenvalue weighted by atomic mass is 32.3. The molecule has 1 N–H and O–H groups in total. The van der Waals surface area contributed by atoms with E-state index in [9.17, 15) is 31.2 Å². The molecule has 0 aromatic rings. The summed E-state index contributed by atoms with van der Waals surface area (Å²) < 4.78 is 67.1. The number of carbonyl (C=O) groups excluding carboxylic acids is 2. The predicted octanol–water partition coefficient (Wildman–Crippen LogP) is 4.47. The van der Waals surface area contributed by atoms with Crippen LogP contribution in [-0.4, -0.2) is 45.4 Å². The Morgan fingerprint density at radius 1 is 1.07 bits per heavy atom. The van der Waals surface area contributed by atoms with E-state index in [2.05, 4.69) is 3.63 Å². The van der Waals surface area contributed by atoms with E-state index in [0.717, 1.165) is 19.3 Å².